The van der Waals surface area contributed by atoms with Gasteiger partial charge in [0.2, 0.25) is 0 Å². The molecule has 0 bridgehead atoms. The maximum atomic E-state index is 12.2. The summed E-state index contributed by atoms with van der Waals surface area (Å²) in [6, 6.07) is 7.67. The molecule has 3 rings (SSSR count). The smallest absolute Gasteiger partial charge is 0.262 e. The third-order valence-electron chi connectivity index (χ3n) is 4.72. The predicted octanol–water partition coefficient (Wildman–Crippen LogP) is 2.33. The van der Waals surface area contributed by atoms with E-state index in [4.69, 9.17) is 5.26 Å². The maximum absolute atomic E-state index is 12.2. The largest absolute Gasteiger partial charge is 0.315 e. The average Bonchev–Trinajstić information content (AvgIpc) is 3.05. The number of thioether (sulfide) groups is 1. The molecule has 138 valence electrons. The van der Waals surface area contributed by atoms with Crippen molar-refractivity contribution in [3.63, 3.8) is 0 Å². The highest BCUT2D eigenvalue weighted by molar-refractivity contribution is 8.16. The molecule has 0 unspecified atom stereocenters. The normalized spacial score (nSPS) is 25.3. The summed E-state index contributed by atoms with van der Waals surface area (Å²) >= 11 is 1.35. The van der Waals surface area contributed by atoms with Crippen molar-refractivity contribution >= 4 is 38.4 Å². The van der Waals surface area contributed by atoms with E-state index in [0.717, 1.165) is 29.7 Å². The van der Waals surface area contributed by atoms with Crippen molar-refractivity contribution in [1.82, 2.24) is 0 Å². The molecule has 6 nitrogen and oxygen atoms in total. The molecule has 0 aliphatic carbocycles. The number of hydrogen-bond donors (Lipinski definition) is 0. The van der Waals surface area contributed by atoms with Crippen LogP contribution in [0.4, 0.5) is 5.69 Å². The molecule has 2 aliphatic heterocycles. The van der Waals surface area contributed by atoms with Crippen LogP contribution >= 0.6 is 11.8 Å². The molecular weight excluding hydrogens is 370 g/mol. The molecule has 0 saturated carbocycles. The topological polar surface area (TPSA) is 90.6 Å². The third-order valence-corrected chi connectivity index (χ3v) is 7.93. The molecule has 0 N–H and O–H groups in total. The fourth-order valence-electron chi connectivity index (χ4n) is 3.56. The minimum absolute atomic E-state index is 0.0668. The number of benzene rings is 1. The standard InChI is InChI=1S/C18H21N3O3S2/c1-3-12-6-5-7-13(4-2)17(12)21-14-10-26(23,24)11-15(14)25-18(21)20-16(22)8-9-19/h5-7,14-15H,3-4,8,10-11H2,1-2H3/t14-,15+/m1/s1. The quantitative estimate of drug-likeness (QED) is 0.782. The number of carbonyl (C=O) groups is 1. The third kappa shape index (κ3) is 3.51. The Bertz CT molecular complexity index is 880. The van der Waals surface area contributed by atoms with E-state index in [-0.39, 0.29) is 29.2 Å². The highest BCUT2D eigenvalue weighted by Crippen LogP contribution is 2.43. The summed E-state index contributed by atoms with van der Waals surface area (Å²) in [6.45, 7) is 4.12. The molecule has 0 spiro atoms. The second-order valence-electron chi connectivity index (χ2n) is 6.43. The van der Waals surface area contributed by atoms with Crippen molar-refractivity contribution in [1.29, 1.82) is 5.26 Å². The Hall–Kier alpha value is -1.85. The van der Waals surface area contributed by atoms with E-state index in [1.807, 2.05) is 29.2 Å². The number of fused-ring (bicyclic) bond motifs is 1. The Balaban J connectivity index is 2.13. The van der Waals surface area contributed by atoms with Gasteiger partial charge in [-0.25, -0.2) is 8.42 Å². The minimum atomic E-state index is -3.10. The van der Waals surface area contributed by atoms with Crippen LogP contribution in [0.15, 0.2) is 23.2 Å². The number of carbonyl (C=O) groups excluding carboxylic acids is 1. The summed E-state index contributed by atoms with van der Waals surface area (Å²) < 4.78 is 24.3. The summed E-state index contributed by atoms with van der Waals surface area (Å²) in [6.07, 6.45) is 1.32. The molecule has 1 aromatic carbocycles. The highest BCUT2D eigenvalue weighted by Gasteiger charge is 2.50. The number of para-hydroxylation sites is 1. The molecule has 2 heterocycles. The lowest BCUT2D eigenvalue weighted by Crippen LogP contribution is -2.39. The second-order valence-corrected chi connectivity index (χ2v) is 9.79. The van der Waals surface area contributed by atoms with Crippen molar-refractivity contribution < 1.29 is 13.2 Å². The SMILES string of the molecule is CCc1cccc(CC)c1N1C(=NC(=O)CC#N)S[C@H]2CS(=O)(=O)C[C@H]21. The summed E-state index contributed by atoms with van der Waals surface area (Å²) in [5.74, 6) is -0.327. The first-order valence-corrected chi connectivity index (χ1v) is 11.4. The van der Waals surface area contributed by atoms with Gasteiger partial charge in [0.05, 0.1) is 23.6 Å². The van der Waals surface area contributed by atoms with E-state index in [2.05, 4.69) is 18.8 Å². The van der Waals surface area contributed by atoms with Crippen molar-refractivity contribution in [2.75, 3.05) is 16.4 Å². The first-order valence-electron chi connectivity index (χ1n) is 8.65. The van der Waals surface area contributed by atoms with Gasteiger partial charge in [0, 0.05) is 10.9 Å². The van der Waals surface area contributed by atoms with Crippen LogP contribution in [-0.4, -0.2) is 42.3 Å². The zero-order valence-corrected chi connectivity index (χ0v) is 16.4. The number of rotatable bonds is 4. The van der Waals surface area contributed by atoms with Gasteiger partial charge in [-0.05, 0) is 24.0 Å². The second kappa shape index (κ2) is 7.41. The number of amides is 1. The Morgan fingerprint density at radius 3 is 2.54 bits per heavy atom. The maximum Gasteiger partial charge on any atom is 0.262 e. The number of hydrogen-bond acceptors (Lipinski definition) is 5. The number of aliphatic imine (C=N–C) groups is 1. The number of nitriles is 1. The number of aryl methyl sites for hydroxylation is 2. The van der Waals surface area contributed by atoms with E-state index in [1.54, 1.807) is 0 Å². The lowest BCUT2D eigenvalue weighted by Gasteiger charge is -2.29. The fraction of sp³-hybridized carbons (Fsp3) is 0.500. The van der Waals surface area contributed by atoms with Crippen LogP contribution in [0.2, 0.25) is 0 Å². The monoisotopic (exact) mass is 391 g/mol. The Morgan fingerprint density at radius 1 is 1.31 bits per heavy atom. The summed E-state index contributed by atoms with van der Waals surface area (Å²) in [7, 11) is -3.10. The van der Waals surface area contributed by atoms with Crippen LogP contribution in [0.25, 0.3) is 0 Å². The number of nitrogens with zero attached hydrogens (tertiary/aromatic N) is 3. The lowest BCUT2D eigenvalue weighted by atomic mass is 10.0. The fourth-order valence-corrected chi connectivity index (χ4v) is 7.48. The highest BCUT2D eigenvalue weighted by atomic mass is 32.2. The molecule has 1 aromatic rings. The van der Waals surface area contributed by atoms with E-state index >= 15 is 0 Å². The summed E-state index contributed by atoms with van der Waals surface area (Å²) in [5, 5.41) is 9.13. The average molecular weight is 392 g/mol. The molecule has 0 radical (unpaired) electrons. The zero-order valence-electron chi connectivity index (χ0n) is 14.8. The molecule has 8 heteroatoms. The molecule has 2 fully saturated rings. The van der Waals surface area contributed by atoms with Gasteiger partial charge in [0.15, 0.2) is 15.0 Å². The van der Waals surface area contributed by atoms with Crippen molar-refractivity contribution in [2.45, 2.75) is 44.4 Å². The van der Waals surface area contributed by atoms with Crippen LogP contribution in [-0.2, 0) is 27.5 Å². The molecule has 2 atom stereocenters. The zero-order chi connectivity index (χ0) is 18.9. The minimum Gasteiger partial charge on any atom is -0.315 e. The van der Waals surface area contributed by atoms with E-state index < -0.39 is 15.7 Å². The van der Waals surface area contributed by atoms with Gasteiger partial charge < -0.3 is 4.90 Å². The van der Waals surface area contributed by atoms with Gasteiger partial charge in [-0.3, -0.25) is 4.79 Å². The van der Waals surface area contributed by atoms with E-state index in [9.17, 15) is 13.2 Å². The molecule has 0 aromatic heterocycles. The van der Waals surface area contributed by atoms with Crippen LogP contribution in [0, 0.1) is 11.3 Å². The van der Waals surface area contributed by atoms with Crippen LogP contribution in [0.5, 0.6) is 0 Å². The van der Waals surface area contributed by atoms with Crippen molar-refractivity contribution in [2.24, 2.45) is 4.99 Å². The van der Waals surface area contributed by atoms with Gasteiger partial charge in [-0.1, -0.05) is 43.8 Å². The molecule has 26 heavy (non-hydrogen) atoms. The molecule has 2 saturated heterocycles. The lowest BCUT2D eigenvalue weighted by molar-refractivity contribution is -0.116. The number of amidine groups is 1. The van der Waals surface area contributed by atoms with Gasteiger partial charge in [0.25, 0.3) is 5.91 Å². The number of anilines is 1. The number of sulfone groups is 1. The van der Waals surface area contributed by atoms with Crippen LogP contribution in [0.1, 0.15) is 31.4 Å². The molecule has 2 aliphatic rings. The predicted molar refractivity (Wildman–Crippen MR) is 104 cm³/mol. The first-order chi connectivity index (χ1) is 12.4. The van der Waals surface area contributed by atoms with Crippen molar-refractivity contribution in [3.05, 3.63) is 29.3 Å². The van der Waals surface area contributed by atoms with Gasteiger partial charge in [-0.15, -0.1) is 0 Å². The van der Waals surface area contributed by atoms with E-state index in [1.165, 1.54) is 11.8 Å². The van der Waals surface area contributed by atoms with Crippen LogP contribution in [0.3, 0.4) is 0 Å². The van der Waals surface area contributed by atoms with Crippen molar-refractivity contribution in [3.8, 4) is 6.07 Å². The van der Waals surface area contributed by atoms with Gasteiger partial charge in [-0.2, -0.15) is 10.3 Å². The van der Waals surface area contributed by atoms with Gasteiger partial charge in [0.1, 0.15) is 6.42 Å². The Morgan fingerprint density at radius 2 is 1.96 bits per heavy atom. The summed E-state index contributed by atoms with van der Waals surface area (Å²) in [4.78, 5) is 18.1. The summed E-state index contributed by atoms with van der Waals surface area (Å²) in [5.41, 5.74) is 3.18. The first kappa shape index (κ1) is 18.9. The Kier molecular flexibility index (Phi) is 5.39. The Labute approximate surface area is 158 Å². The van der Waals surface area contributed by atoms with Crippen LogP contribution < -0.4 is 4.90 Å². The van der Waals surface area contributed by atoms with Gasteiger partial charge >= 0.3 is 0 Å². The van der Waals surface area contributed by atoms with E-state index in [0.29, 0.717) is 5.17 Å². The molecular formula is C18H21N3O3S2. The molecule has 1 amide bonds.